The fourth-order valence-electron chi connectivity index (χ4n) is 3.14. The molecule has 0 aromatic heterocycles. The molecule has 0 bridgehead atoms. The van der Waals surface area contributed by atoms with E-state index < -0.39 is 0 Å². The molecule has 0 aliphatic carbocycles. The highest BCUT2D eigenvalue weighted by Gasteiger charge is 2.16. The zero-order valence-corrected chi connectivity index (χ0v) is 17.2. The molecule has 1 N–H and O–H groups in total. The van der Waals surface area contributed by atoms with Crippen LogP contribution >= 0.6 is 15.9 Å². The van der Waals surface area contributed by atoms with Crippen molar-refractivity contribution in [1.29, 1.82) is 0 Å². The zero-order chi connectivity index (χ0) is 19.1. The number of nitrogens with one attached hydrogen (secondary N) is 1. The average Bonchev–Trinajstić information content (AvgIpc) is 2.73. The van der Waals surface area contributed by atoms with Gasteiger partial charge in [-0.2, -0.15) is 0 Å². The Labute approximate surface area is 169 Å². The van der Waals surface area contributed by atoms with Crippen LogP contribution in [0.4, 0.5) is 0 Å². The van der Waals surface area contributed by atoms with Gasteiger partial charge in [0, 0.05) is 12.6 Å². The molecule has 3 aromatic rings. The molecule has 1 atom stereocenters. The molecular weight excluding hydrogens is 402 g/mol. The Bertz CT molecular complexity index is 853. The van der Waals surface area contributed by atoms with Crippen molar-refractivity contribution in [2.75, 3.05) is 14.2 Å². The lowest BCUT2D eigenvalue weighted by Gasteiger charge is -2.21. The van der Waals surface area contributed by atoms with Crippen LogP contribution in [0, 0.1) is 0 Å². The van der Waals surface area contributed by atoms with Gasteiger partial charge in [0.2, 0.25) is 0 Å². The first-order chi connectivity index (χ1) is 13.2. The summed E-state index contributed by atoms with van der Waals surface area (Å²) in [6, 6.07) is 25.3. The topological polar surface area (TPSA) is 30.5 Å². The molecule has 4 heteroatoms. The third-order valence-electron chi connectivity index (χ3n) is 4.59. The first kappa shape index (κ1) is 19.5. The summed E-state index contributed by atoms with van der Waals surface area (Å²) in [6.45, 7) is 0.716. The van der Waals surface area contributed by atoms with Crippen LogP contribution in [0.3, 0.4) is 0 Å². The molecule has 0 saturated heterocycles. The normalized spacial score (nSPS) is 11.8. The Morgan fingerprint density at radius 1 is 0.852 bits per heavy atom. The van der Waals surface area contributed by atoms with Crippen LogP contribution in [-0.2, 0) is 13.0 Å². The molecule has 3 nitrogen and oxygen atoms in total. The van der Waals surface area contributed by atoms with Crippen molar-refractivity contribution in [1.82, 2.24) is 5.32 Å². The lowest BCUT2D eigenvalue weighted by Crippen LogP contribution is -2.23. The van der Waals surface area contributed by atoms with Gasteiger partial charge in [-0.3, -0.25) is 0 Å². The monoisotopic (exact) mass is 425 g/mol. The molecular formula is C23H24BrNO2. The molecule has 0 spiro atoms. The SMILES string of the molecule is COc1ccc(CNC(Cc2ccccc2)c2ccccc2)c(Br)c1OC. The maximum atomic E-state index is 5.50. The van der Waals surface area contributed by atoms with Gasteiger partial charge < -0.3 is 14.8 Å². The molecule has 0 aliphatic rings. The number of methoxy groups -OCH3 is 2. The number of halogens is 1. The molecule has 0 amide bonds. The Kier molecular flexibility index (Phi) is 6.91. The van der Waals surface area contributed by atoms with Crippen molar-refractivity contribution in [2.45, 2.75) is 19.0 Å². The van der Waals surface area contributed by atoms with Crippen molar-refractivity contribution in [2.24, 2.45) is 0 Å². The third-order valence-corrected chi connectivity index (χ3v) is 5.46. The Hall–Kier alpha value is -2.30. The van der Waals surface area contributed by atoms with Gasteiger partial charge in [-0.15, -0.1) is 0 Å². The summed E-state index contributed by atoms with van der Waals surface area (Å²) in [5.41, 5.74) is 3.71. The largest absolute Gasteiger partial charge is 0.493 e. The first-order valence-electron chi connectivity index (χ1n) is 8.94. The summed E-state index contributed by atoms with van der Waals surface area (Å²) < 4.78 is 11.8. The van der Waals surface area contributed by atoms with Crippen LogP contribution in [0.2, 0.25) is 0 Å². The highest BCUT2D eigenvalue weighted by molar-refractivity contribution is 9.10. The van der Waals surface area contributed by atoms with Crippen LogP contribution in [0.5, 0.6) is 11.5 Å². The highest BCUT2D eigenvalue weighted by atomic mass is 79.9. The van der Waals surface area contributed by atoms with E-state index in [-0.39, 0.29) is 6.04 Å². The number of hydrogen-bond acceptors (Lipinski definition) is 3. The van der Waals surface area contributed by atoms with E-state index in [1.807, 2.05) is 12.1 Å². The van der Waals surface area contributed by atoms with Crippen LogP contribution in [-0.4, -0.2) is 14.2 Å². The van der Waals surface area contributed by atoms with Gasteiger partial charge in [0.15, 0.2) is 11.5 Å². The molecule has 140 valence electrons. The van der Waals surface area contributed by atoms with Gasteiger partial charge in [-0.1, -0.05) is 66.7 Å². The van der Waals surface area contributed by atoms with E-state index in [4.69, 9.17) is 9.47 Å². The zero-order valence-electron chi connectivity index (χ0n) is 15.6. The maximum absolute atomic E-state index is 5.50. The number of benzene rings is 3. The molecule has 0 heterocycles. The first-order valence-corrected chi connectivity index (χ1v) is 9.74. The fraction of sp³-hybridized carbons (Fsp3) is 0.217. The fourth-order valence-corrected chi connectivity index (χ4v) is 3.77. The standard InChI is InChI=1S/C23H24BrNO2/c1-26-21-14-13-19(22(24)23(21)27-2)16-25-20(18-11-7-4-8-12-18)15-17-9-5-3-6-10-17/h3-14,20,25H,15-16H2,1-2H3. The average molecular weight is 426 g/mol. The quantitative estimate of drug-likeness (QED) is 0.513. The number of hydrogen-bond donors (Lipinski definition) is 1. The third kappa shape index (κ3) is 4.90. The lowest BCUT2D eigenvalue weighted by atomic mass is 9.98. The summed E-state index contributed by atoms with van der Waals surface area (Å²) in [5.74, 6) is 1.44. The van der Waals surface area contributed by atoms with E-state index in [2.05, 4.69) is 81.9 Å². The molecule has 0 saturated carbocycles. The van der Waals surface area contributed by atoms with Crippen molar-refractivity contribution in [3.63, 3.8) is 0 Å². The summed E-state index contributed by atoms with van der Waals surface area (Å²) in [4.78, 5) is 0. The summed E-state index contributed by atoms with van der Waals surface area (Å²) in [5, 5.41) is 3.70. The van der Waals surface area contributed by atoms with Crippen LogP contribution in [0.25, 0.3) is 0 Å². The second-order valence-corrected chi connectivity index (χ2v) is 7.10. The van der Waals surface area contributed by atoms with Crippen molar-refractivity contribution >= 4 is 15.9 Å². The minimum absolute atomic E-state index is 0.216. The molecule has 1 unspecified atom stereocenters. The molecule has 0 fully saturated rings. The van der Waals surface area contributed by atoms with Crippen molar-refractivity contribution in [3.05, 3.63) is 94.0 Å². The van der Waals surface area contributed by atoms with E-state index in [1.165, 1.54) is 11.1 Å². The summed E-state index contributed by atoms with van der Waals surface area (Å²) >= 11 is 3.66. The van der Waals surface area contributed by atoms with Gasteiger partial charge >= 0.3 is 0 Å². The minimum atomic E-state index is 0.216. The van der Waals surface area contributed by atoms with Gasteiger partial charge in [-0.05, 0) is 45.1 Å². The second-order valence-electron chi connectivity index (χ2n) is 6.31. The van der Waals surface area contributed by atoms with Crippen LogP contribution in [0.15, 0.2) is 77.3 Å². The minimum Gasteiger partial charge on any atom is -0.493 e. The lowest BCUT2D eigenvalue weighted by molar-refractivity contribution is 0.352. The summed E-state index contributed by atoms with van der Waals surface area (Å²) in [7, 11) is 3.30. The molecule has 0 aliphatic heterocycles. The Morgan fingerprint density at radius 3 is 2.15 bits per heavy atom. The van der Waals surface area contributed by atoms with Gasteiger partial charge in [0.25, 0.3) is 0 Å². The predicted molar refractivity (Wildman–Crippen MR) is 113 cm³/mol. The van der Waals surface area contributed by atoms with Crippen molar-refractivity contribution in [3.8, 4) is 11.5 Å². The number of ether oxygens (including phenoxy) is 2. The Balaban J connectivity index is 1.81. The van der Waals surface area contributed by atoms with Gasteiger partial charge in [-0.25, -0.2) is 0 Å². The van der Waals surface area contributed by atoms with Crippen molar-refractivity contribution < 1.29 is 9.47 Å². The van der Waals surface area contributed by atoms with Gasteiger partial charge in [0.05, 0.1) is 18.7 Å². The molecule has 3 aromatic carbocycles. The molecule has 3 rings (SSSR count). The predicted octanol–water partition coefficient (Wildman–Crippen LogP) is 5.54. The van der Waals surface area contributed by atoms with E-state index in [0.717, 1.165) is 28.0 Å². The van der Waals surface area contributed by atoms with Crippen LogP contribution < -0.4 is 14.8 Å². The molecule has 0 radical (unpaired) electrons. The van der Waals surface area contributed by atoms with E-state index >= 15 is 0 Å². The molecule has 27 heavy (non-hydrogen) atoms. The van der Waals surface area contributed by atoms with Crippen LogP contribution in [0.1, 0.15) is 22.7 Å². The van der Waals surface area contributed by atoms with E-state index in [1.54, 1.807) is 14.2 Å². The number of rotatable bonds is 8. The van der Waals surface area contributed by atoms with E-state index in [9.17, 15) is 0 Å². The Morgan fingerprint density at radius 2 is 1.52 bits per heavy atom. The highest BCUT2D eigenvalue weighted by Crippen LogP contribution is 2.37. The van der Waals surface area contributed by atoms with E-state index in [0.29, 0.717) is 6.54 Å². The van der Waals surface area contributed by atoms with Gasteiger partial charge in [0.1, 0.15) is 0 Å². The smallest absolute Gasteiger partial charge is 0.175 e. The maximum Gasteiger partial charge on any atom is 0.175 e. The summed E-state index contributed by atoms with van der Waals surface area (Å²) in [6.07, 6.45) is 0.926. The second kappa shape index (κ2) is 9.58.